The minimum Gasteiger partial charge on any atom is -0.398 e. The topological polar surface area (TPSA) is 42.2 Å². The minimum atomic E-state index is -0.912. The Morgan fingerprint density at radius 2 is 1.79 bits per heavy atom. The maximum absolute atomic E-state index is 14.3. The van der Waals surface area contributed by atoms with Gasteiger partial charge in [0.05, 0.1) is 17.3 Å². The molecule has 5 heteroatoms. The standard InChI is InChI=1S/C14H21BFNO2/c1-12(2)13(3,4)19-15(18-12)11(16)10-14(7-8-14)6-5-9-17/h10H,5-8H2,1-4H3. The summed E-state index contributed by atoms with van der Waals surface area (Å²) in [5.74, 6) is 0. The first-order chi connectivity index (χ1) is 8.71. The first-order valence-corrected chi connectivity index (χ1v) is 6.82. The first kappa shape index (κ1) is 14.6. The number of allylic oxidation sites excluding steroid dienone is 1. The van der Waals surface area contributed by atoms with Crippen LogP contribution in [0.25, 0.3) is 0 Å². The van der Waals surface area contributed by atoms with E-state index in [2.05, 4.69) is 6.07 Å². The molecule has 1 saturated carbocycles. The second kappa shape index (κ2) is 4.61. The van der Waals surface area contributed by atoms with E-state index in [1.165, 1.54) is 0 Å². The highest BCUT2D eigenvalue weighted by atomic mass is 19.1. The van der Waals surface area contributed by atoms with Crippen LogP contribution in [0.15, 0.2) is 11.8 Å². The predicted molar refractivity (Wildman–Crippen MR) is 71.8 cm³/mol. The Hall–Kier alpha value is -0.855. The lowest BCUT2D eigenvalue weighted by Crippen LogP contribution is -2.41. The Balaban J connectivity index is 2.06. The van der Waals surface area contributed by atoms with Crippen molar-refractivity contribution in [2.75, 3.05) is 0 Å². The molecule has 0 amide bonds. The highest BCUT2D eigenvalue weighted by molar-refractivity contribution is 6.53. The molecule has 2 fully saturated rings. The number of nitrogens with zero attached hydrogens (tertiary/aromatic N) is 1. The van der Waals surface area contributed by atoms with Crippen molar-refractivity contribution >= 4 is 7.12 Å². The van der Waals surface area contributed by atoms with Gasteiger partial charge in [-0.15, -0.1) is 0 Å². The molecule has 0 aromatic heterocycles. The van der Waals surface area contributed by atoms with Gasteiger partial charge >= 0.3 is 7.12 Å². The van der Waals surface area contributed by atoms with Crippen molar-refractivity contribution in [2.45, 2.75) is 64.6 Å². The smallest absolute Gasteiger partial charge is 0.398 e. The number of nitriles is 1. The summed E-state index contributed by atoms with van der Waals surface area (Å²) in [5.41, 5.74) is -1.53. The molecular weight excluding hydrogens is 244 g/mol. The Bertz CT molecular complexity index is 419. The van der Waals surface area contributed by atoms with Gasteiger partial charge in [-0.3, -0.25) is 0 Å². The molecule has 1 aliphatic carbocycles. The van der Waals surface area contributed by atoms with E-state index in [9.17, 15) is 4.39 Å². The van der Waals surface area contributed by atoms with E-state index in [-0.39, 0.29) is 11.1 Å². The number of hydrogen-bond acceptors (Lipinski definition) is 3. The second-order valence-electron chi connectivity index (χ2n) is 6.64. The van der Waals surface area contributed by atoms with Gasteiger partial charge in [0.2, 0.25) is 0 Å². The van der Waals surface area contributed by atoms with Gasteiger partial charge in [0, 0.05) is 6.42 Å². The summed E-state index contributed by atoms with van der Waals surface area (Å²) < 4.78 is 25.6. The summed E-state index contributed by atoms with van der Waals surface area (Å²) in [6, 6.07) is 2.12. The summed E-state index contributed by atoms with van der Waals surface area (Å²) >= 11 is 0. The fraction of sp³-hybridized carbons (Fsp3) is 0.786. The minimum absolute atomic E-state index is 0.136. The molecule has 0 aromatic carbocycles. The van der Waals surface area contributed by atoms with E-state index in [1.807, 2.05) is 27.7 Å². The molecule has 3 nitrogen and oxygen atoms in total. The molecule has 2 rings (SSSR count). The van der Waals surface area contributed by atoms with Gasteiger partial charge in [0.15, 0.2) is 0 Å². The van der Waals surface area contributed by atoms with Crippen molar-refractivity contribution in [3.63, 3.8) is 0 Å². The second-order valence-corrected chi connectivity index (χ2v) is 6.64. The third-order valence-electron chi connectivity index (χ3n) is 4.55. The van der Waals surface area contributed by atoms with Gasteiger partial charge in [-0.2, -0.15) is 5.26 Å². The van der Waals surface area contributed by atoms with Gasteiger partial charge in [-0.1, -0.05) is 6.08 Å². The highest BCUT2D eigenvalue weighted by Crippen LogP contribution is 2.52. The Morgan fingerprint density at radius 1 is 1.26 bits per heavy atom. The van der Waals surface area contributed by atoms with Crippen LogP contribution in [-0.4, -0.2) is 18.3 Å². The fourth-order valence-electron chi connectivity index (χ4n) is 2.25. The monoisotopic (exact) mass is 265 g/mol. The molecule has 0 unspecified atom stereocenters. The van der Waals surface area contributed by atoms with E-state index >= 15 is 0 Å². The quantitative estimate of drug-likeness (QED) is 0.730. The van der Waals surface area contributed by atoms with Gasteiger partial charge in [0.25, 0.3) is 0 Å². The van der Waals surface area contributed by atoms with Crippen LogP contribution in [0.3, 0.4) is 0 Å². The molecule has 0 bridgehead atoms. The lowest BCUT2D eigenvalue weighted by molar-refractivity contribution is 0.00578. The molecule has 2 aliphatic rings. The molecule has 0 aromatic rings. The Kier molecular flexibility index (Phi) is 3.53. The van der Waals surface area contributed by atoms with E-state index < -0.39 is 18.3 Å². The molecule has 104 valence electrons. The summed E-state index contributed by atoms with van der Waals surface area (Å²) in [6.07, 6.45) is 4.69. The fourth-order valence-corrected chi connectivity index (χ4v) is 2.25. The highest BCUT2D eigenvalue weighted by Gasteiger charge is 2.54. The van der Waals surface area contributed by atoms with Crippen LogP contribution in [0.5, 0.6) is 0 Å². The van der Waals surface area contributed by atoms with Crippen LogP contribution in [0, 0.1) is 16.7 Å². The normalized spacial score (nSPS) is 27.2. The number of rotatable bonds is 4. The molecule has 1 heterocycles. The zero-order valence-electron chi connectivity index (χ0n) is 12.1. The Morgan fingerprint density at radius 3 is 2.21 bits per heavy atom. The zero-order valence-corrected chi connectivity index (χ0v) is 12.1. The maximum Gasteiger partial charge on any atom is 0.524 e. The number of halogens is 1. The van der Waals surface area contributed by atoms with Crippen molar-refractivity contribution in [2.24, 2.45) is 5.41 Å². The van der Waals surface area contributed by atoms with E-state index in [4.69, 9.17) is 14.6 Å². The lowest BCUT2D eigenvalue weighted by atomic mass is 9.84. The number of hydrogen-bond donors (Lipinski definition) is 0. The third kappa shape index (κ3) is 2.85. The first-order valence-electron chi connectivity index (χ1n) is 6.82. The molecular formula is C14H21BFNO2. The van der Waals surface area contributed by atoms with E-state index in [0.717, 1.165) is 19.3 Å². The van der Waals surface area contributed by atoms with Crippen molar-refractivity contribution in [3.8, 4) is 6.07 Å². The average Bonchev–Trinajstić information content (AvgIpc) is 3.00. The van der Waals surface area contributed by atoms with Crippen molar-refractivity contribution in [1.82, 2.24) is 0 Å². The van der Waals surface area contributed by atoms with Crippen molar-refractivity contribution < 1.29 is 13.7 Å². The van der Waals surface area contributed by atoms with Crippen molar-refractivity contribution in [1.29, 1.82) is 5.26 Å². The van der Waals surface area contributed by atoms with Crippen LogP contribution >= 0.6 is 0 Å². The molecule has 0 spiro atoms. The van der Waals surface area contributed by atoms with Crippen LogP contribution in [-0.2, 0) is 9.31 Å². The SMILES string of the molecule is CC1(C)OB(C(F)=CC2(CCC#N)CC2)OC1(C)C. The van der Waals surface area contributed by atoms with Gasteiger partial charge in [-0.25, -0.2) is 4.39 Å². The largest absolute Gasteiger partial charge is 0.524 e. The molecule has 19 heavy (non-hydrogen) atoms. The summed E-state index contributed by atoms with van der Waals surface area (Å²) in [5, 5.41) is 8.63. The summed E-state index contributed by atoms with van der Waals surface area (Å²) in [4.78, 5) is 0. The van der Waals surface area contributed by atoms with Crippen LogP contribution in [0.1, 0.15) is 53.4 Å². The third-order valence-corrected chi connectivity index (χ3v) is 4.55. The maximum atomic E-state index is 14.3. The van der Waals surface area contributed by atoms with Gasteiger partial charge < -0.3 is 9.31 Å². The van der Waals surface area contributed by atoms with Crippen LogP contribution < -0.4 is 0 Å². The summed E-state index contributed by atoms with van der Waals surface area (Å²) in [7, 11) is -0.912. The van der Waals surface area contributed by atoms with E-state index in [0.29, 0.717) is 6.42 Å². The van der Waals surface area contributed by atoms with E-state index in [1.54, 1.807) is 6.08 Å². The lowest BCUT2D eigenvalue weighted by Gasteiger charge is -2.32. The Labute approximate surface area is 114 Å². The molecule has 0 atom stereocenters. The molecule has 1 saturated heterocycles. The average molecular weight is 265 g/mol. The van der Waals surface area contributed by atoms with Gasteiger partial charge in [-0.05, 0) is 52.4 Å². The molecule has 0 N–H and O–H groups in total. The molecule has 0 radical (unpaired) electrons. The predicted octanol–water partition coefficient (Wildman–Crippen LogP) is 3.56. The van der Waals surface area contributed by atoms with Crippen LogP contribution in [0.4, 0.5) is 4.39 Å². The zero-order chi connectivity index (χ0) is 14.3. The van der Waals surface area contributed by atoms with Gasteiger partial charge in [0.1, 0.15) is 5.73 Å². The molecule has 1 aliphatic heterocycles. The van der Waals surface area contributed by atoms with Crippen molar-refractivity contribution in [3.05, 3.63) is 11.8 Å². The summed E-state index contributed by atoms with van der Waals surface area (Å²) in [6.45, 7) is 7.62. The van der Waals surface area contributed by atoms with Crippen LogP contribution in [0.2, 0.25) is 0 Å².